The van der Waals surface area contributed by atoms with E-state index in [0.717, 1.165) is 31.8 Å². The van der Waals surface area contributed by atoms with Crippen LogP contribution >= 0.6 is 0 Å². The highest BCUT2D eigenvalue weighted by molar-refractivity contribution is 5.83. The maximum absolute atomic E-state index is 12.6. The van der Waals surface area contributed by atoms with Crippen LogP contribution in [0.2, 0.25) is 0 Å². The van der Waals surface area contributed by atoms with Crippen molar-refractivity contribution in [2.45, 2.75) is 25.3 Å². The largest absolute Gasteiger partial charge is 0.448 e. The number of likely N-dealkylation sites (tertiary alicyclic amines) is 1. The highest BCUT2D eigenvalue weighted by atomic mass is 16.6. The maximum Gasteiger partial charge on any atom is 0.410 e. The Morgan fingerprint density at radius 3 is 2.85 bits per heavy atom. The number of amides is 2. The van der Waals surface area contributed by atoms with Crippen molar-refractivity contribution in [2.24, 2.45) is 0 Å². The van der Waals surface area contributed by atoms with E-state index < -0.39 is 6.09 Å². The molecule has 0 bridgehead atoms. The molecule has 7 heteroatoms. The van der Waals surface area contributed by atoms with Gasteiger partial charge in [-0.25, -0.2) is 9.78 Å². The summed E-state index contributed by atoms with van der Waals surface area (Å²) >= 11 is 0. The van der Waals surface area contributed by atoms with Crippen LogP contribution in [0.25, 0.3) is 0 Å². The Labute approximate surface area is 158 Å². The van der Waals surface area contributed by atoms with Crippen LogP contribution in [0.5, 0.6) is 0 Å². The fourth-order valence-electron chi connectivity index (χ4n) is 3.84. The van der Waals surface area contributed by atoms with Gasteiger partial charge in [-0.3, -0.25) is 9.69 Å². The molecule has 0 radical (unpaired) electrons. The number of cyclic esters (lactones) is 1. The number of hydrogen-bond acceptors (Lipinski definition) is 4. The van der Waals surface area contributed by atoms with Crippen LogP contribution in [0.4, 0.5) is 4.79 Å². The summed E-state index contributed by atoms with van der Waals surface area (Å²) in [5, 5.41) is 0. The third kappa shape index (κ3) is 3.97. The minimum atomic E-state index is -0.393. The average Bonchev–Trinajstić information content (AvgIpc) is 3.32. The second kappa shape index (κ2) is 7.82. The van der Waals surface area contributed by atoms with Crippen LogP contribution in [-0.2, 0) is 16.1 Å². The summed E-state index contributed by atoms with van der Waals surface area (Å²) in [6.45, 7) is 3.12. The molecule has 2 amide bonds. The van der Waals surface area contributed by atoms with Crippen molar-refractivity contribution < 1.29 is 14.3 Å². The number of carbonyl (C=O) groups excluding carboxylic acids is 2. The molecule has 4 rings (SSSR count). The minimum absolute atomic E-state index is 0.0142. The molecule has 2 aliphatic rings. The van der Waals surface area contributed by atoms with Crippen molar-refractivity contribution >= 4 is 12.0 Å². The van der Waals surface area contributed by atoms with Gasteiger partial charge in [-0.1, -0.05) is 30.3 Å². The average molecular weight is 368 g/mol. The molecule has 27 heavy (non-hydrogen) atoms. The van der Waals surface area contributed by atoms with Gasteiger partial charge in [0, 0.05) is 37.9 Å². The van der Waals surface area contributed by atoms with E-state index in [4.69, 9.17) is 4.74 Å². The lowest BCUT2D eigenvalue weighted by molar-refractivity contribution is -0.133. The predicted octanol–water partition coefficient (Wildman–Crippen LogP) is 2.09. The number of ether oxygens (including phenoxy) is 1. The molecule has 1 unspecified atom stereocenters. The molecule has 3 heterocycles. The first-order valence-corrected chi connectivity index (χ1v) is 9.45. The third-order valence-corrected chi connectivity index (χ3v) is 5.25. The normalized spacial score (nSPS) is 20.0. The van der Waals surface area contributed by atoms with Crippen LogP contribution < -0.4 is 0 Å². The molecule has 1 aromatic carbocycles. The molecule has 142 valence electrons. The molecular weight excluding hydrogens is 344 g/mol. The van der Waals surface area contributed by atoms with E-state index in [1.807, 2.05) is 35.5 Å². The van der Waals surface area contributed by atoms with Crippen molar-refractivity contribution in [1.29, 1.82) is 0 Å². The summed E-state index contributed by atoms with van der Waals surface area (Å²) in [7, 11) is 0. The topological polar surface area (TPSA) is 67.7 Å². The van der Waals surface area contributed by atoms with Crippen LogP contribution in [0.15, 0.2) is 42.7 Å². The van der Waals surface area contributed by atoms with Crippen LogP contribution in [0, 0.1) is 0 Å². The molecule has 0 aliphatic carbocycles. The van der Waals surface area contributed by atoms with Gasteiger partial charge in [-0.15, -0.1) is 0 Å². The third-order valence-electron chi connectivity index (χ3n) is 5.25. The van der Waals surface area contributed by atoms with Crippen LogP contribution in [-0.4, -0.2) is 64.1 Å². The van der Waals surface area contributed by atoms with E-state index >= 15 is 0 Å². The first-order valence-electron chi connectivity index (χ1n) is 9.45. The Morgan fingerprint density at radius 2 is 2.07 bits per heavy atom. The second-order valence-electron chi connectivity index (χ2n) is 7.11. The van der Waals surface area contributed by atoms with Gasteiger partial charge < -0.3 is 14.2 Å². The zero-order valence-electron chi connectivity index (χ0n) is 15.3. The van der Waals surface area contributed by atoms with Crippen LogP contribution in [0.3, 0.4) is 0 Å². The van der Waals surface area contributed by atoms with Gasteiger partial charge in [0.05, 0.1) is 6.54 Å². The molecule has 1 atom stereocenters. The van der Waals surface area contributed by atoms with Gasteiger partial charge in [-0.05, 0) is 18.4 Å². The minimum Gasteiger partial charge on any atom is -0.448 e. The zero-order valence-corrected chi connectivity index (χ0v) is 15.3. The summed E-state index contributed by atoms with van der Waals surface area (Å²) in [6.07, 6.45) is 5.40. The van der Waals surface area contributed by atoms with Crippen molar-refractivity contribution in [1.82, 2.24) is 19.4 Å². The number of nitrogens with zero attached hydrogens (tertiary/aromatic N) is 4. The molecule has 2 aliphatic heterocycles. The van der Waals surface area contributed by atoms with E-state index in [9.17, 15) is 9.59 Å². The van der Waals surface area contributed by atoms with E-state index in [1.54, 1.807) is 0 Å². The highest BCUT2D eigenvalue weighted by Gasteiger charge is 2.30. The Kier molecular flexibility index (Phi) is 5.09. The fraction of sp³-hybridized carbons (Fsp3) is 0.450. The van der Waals surface area contributed by atoms with Gasteiger partial charge in [0.25, 0.3) is 0 Å². The van der Waals surface area contributed by atoms with Crippen molar-refractivity contribution in [3.63, 3.8) is 0 Å². The Bertz CT molecular complexity index is 805. The number of piperidine rings is 1. The van der Waals surface area contributed by atoms with Crippen molar-refractivity contribution in [2.75, 3.05) is 32.8 Å². The molecule has 0 spiro atoms. The standard InChI is InChI=1S/C20H24N4O3/c25-18(15-24-11-12-27-20(24)26)22-9-4-7-17(14-22)19-21-8-10-23(19)13-16-5-2-1-3-6-16/h1-3,5-6,8,10,17H,4,7,9,11-15H2. The molecular formula is C20H24N4O3. The summed E-state index contributed by atoms with van der Waals surface area (Å²) in [4.78, 5) is 32.1. The van der Waals surface area contributed by atoms with Gasteiger partial charge in [0.15, 0.2) is 0 Å². The first kappa shape index (κ1) is 17.6. The van der Waals surface area contributed by atoms with E-state index in [0.29, 0.717) is 19.7 Å². The SMILES string of the molecule is O=C(CN1CCOC1=O)N1CCCC(c2nccn2Cc2ccccc2)C1. The highest BCUT2D eigenvalue weighted by Crippen LogP contribution is 2.26. The molecule has 2 saturated heterocycles. The molecule has 0 saturated carbocycles. The second-order valence-corrected chi connectivity index (χ2v) is 7.11. The first-order chi connectivity index (χ1) is 13.2. The van der Waals surface area contributed by atoms with E-state index in [2.05, 4.69) is 21.7 Å². The number of hydrogen-bond donors (Lipinski definition) is 0. The lowest BCUT2D eigenvalue weighted by atomic mass is 9.97. The van der Waals surface area contributed by atoms with Gasteiger partial charge >= 0.3 is 6.09 Å². The van der Waals surface area contributed by atoms with E-state index in [1.165, 1.54) is 10.5 Å². The molecule has 2 fully saturated rings. The smallest absolute Gasteiger partial charge is 0.410 e. The summed E-state index contributed by atoms with van der Waals surface area (Å²) in [5.41, 5.74) is 1.23. The molecule has 2 aromatic rings. The van der Waals surface area contributed by atoms with Gasteiger partial charge in [0.2, 0.25) is 5.91 Å². The predicted molar refractivity (Wildman–Crippen MR) is 99.2 cm³/mol. The molecule has 0 N–H and O–H groups in total. The molecule has 1 aromatic heterocycles. The Balaban J connectivity index is 1.42. The lowest BCUT2D eigenvalue weighted by Crippen LogP contribution is -2.45. The maximum atomic E-state index is 12.6. The van der Waals surface area contributed by atoms with Gasteiger partial charge in [0.1, 0.15) is 19.0 Å². The zero-order chi connectivity index (χ0) is 18.6. The number of carbonyl (C=O) groups is 2. The fourth-order valence-corrected chi connectivity index (χ4v) is 3.84. The quantitative estimate of drug-likeness (QED) is 0.810. The monoisotopic (exact) mass is 368 g/mol. The summed E-state index contributed by atoms with van der Waals surface area (Å²) in [5.74, 6) is 1.23. The Morgan fingerprint density at radius 1 is 1.22 bits per heavy atom. The summed E-state index contributed by atoms with van der Waals surface area (Å²) < 4.78 is 7.08. The number of rotatable bonds is 5. The van der Waals surface area contributed by atoms with Crippen molar-refractivity contribution in [3.8, 4) is 0 Å². The Hall–Kier alpha value is -2.83. The number of imidazole rings is 1. The lowest BCUT2D eigenvalue weighted by Gasteiger charge is -2.33. The van der Waals surface area contributed by atoms with Crippen molar-refractivity contribution in [3.05, 3.63) is 54.1 Å². The summed E-state index contributed by atoms with van der Waals surface area (Å²) in [6, 6.07) is 10.3. The number of benzene rings is 1. The van der Waals surface area contributed by atoms with E-state index in [-0.39, 0.29) is 18.4 Å². The number of aromatic nitrogens is 2. The molecule has 7 nitrogen and oxygen atoms in total. The van der Waals surface area contributed by atoms with Crippen LogP contribution in [0.1, 0.15) is 30.1 Å². The van der Waals surface area contributed by atoms with Gasteiger partial charge in [-0.2, -0.15) is 0 Å².